The lowest BCUT2D eigenvalue weighted by Crippen LogP contribution is -2.63. The van der Waals surface area contributed by atoms with Crippen LogP contribution in [0, 0.1) is 11.8 Å². The molecule has 0 saturated carbocycles. The van der Waals surface area contributed by atoms with E-state index in [1.807, 2.05) is 53.3 Å². The number of fused-ring (bicyclic) bond motifs is 8. The van der Waals surface area contributed by atoms with Crippen molar-refractivity contribution < 1.29 is 19.8 Å². The van der Waals surface area contributed by atoms with Crippen molar-refractivity contribution in [3.05, 3.63) is 94.7 Å². The number of aliphatic hydroxyl groups is 1. The van der Waals surface area contributed by atoms with Gasteiger partial charge in [0.1, 0.15) is 34.0 Å². The van der Waals surface area contributed by atoms with Gasteiger partial charge < -0.3 is 25.7 Å². The Hall–Kier alpha value is -6.04. The average Bonchev–Trinajstić information content (AvgIpc) is 4.01. The number of aromatic nitrogens is 8. The highest BCUT2D eigenvalue weighted by Gasteiger charge is 2.42. The highest BCUT2D eigenvalue weighted by atomic mass is 32.1. The maximum Gasteiger partial charge on any atom is 0.306 e. The molecule has 1 saturated heterocycles. The Bertz CT molecular complexity index is 2850. The smallest absolute Gasteiger partial charge is 0.306 e. The fourth-order valence-corrected chi connectivity index (χ4v) is 10.8. The number of hydrogen-bond acceptors (Lipinski definition) is 13. The number of hydrogen-bond donors (Lipinski definition) is 4. The summed E-state index contributed by atoms with van der Waals surface area (Å²) in [4.78, 5) is 48.1. The van der Waals surface area contributed by atoms with E-state index in [1.54, 1.807) is 64.1 Å². The summed E-state index contributed by atoms with van der Waals surface area (Å²) in [7, 11) is 0. The molecule has 0 spiro atoms. The number of β-amino-alcohol motifs (C(OH)–C–C–N with tert-alkyl or cyclic N) is 1. The van der Waals surface area contributed by atoms with Crippen LogP contribution in [0.3, 0.4) is 0 Å². The van der Waals surface area contributed by atoms with Crippen molar-refractivity contribution in [3.8, 4) is 0 Å². The second-order valence-electron chi connectivity index (χ2n) is 15.2. The molecule has 0 aromatic carbocycles. The van der Waals surface area contributed by atoms with Crippen molar-refractivity contribution in [3.63, 3.8) is 0 Å². The molecule has 2 aliphatic carbocycles. The normalized spacial score (nSPS) is 18.5. The number of carboxylic acids is 1. The van der Waals surface area contributed by atoms with Gasteiger partial charge in [0.05, 0.1) is 46.4 Å². The number of likely N-dealkylation sites (tertiary alicyclic amines) is 1. The van der Waals surface area contributed by atoms with Crippen LogP contribution in [-0.2, 0) is 35.3 Å². The Morgan fingerprint density at radius 3 is 1.77 bits per heavy atom. The zero-order chi connectivity index (χ0) is 38.8. The topological polar surface area (TPSA) is 188 Å². The Morgan fingerprint density at radius 1 is 0.754 bits per heavy atom. The van der Waals surface area contributed by atoms with E-state index in [1.165, 1.54) is 16.0 Å². The third-order valence-electron chi connectivity index (χ3n) is 11.1. The lowest BCUT2D eigenvalue weighted by atomic mass is 9.85. The summed E-state index contributed by atoms with van der Waals surface area (Å²) in [6.07, 6.45) is 14.9. The zero-order valence-electron chi connectivity index (χ0n) is 30.8. The largest absolute Gasteiger partial charge is 0.481 e. The molecule has 17 heteroatoms. The van der Waals surface area contributed by atoms with Gasteiger partial charge in [-0.15, -0.1) is 22.7 Å². The second-order valence-corrected chi connectivity index (χ2v) is 17.4. The lowest BCUT2D eigenvalue weighted by molar-refractivity contribution is -0.157. The zero-order valence-corrected chi connectivity index (χ0v) is 32.4. The van der Waals surface area contributed by atoms with Gasteiger partial charge in [-0.3, -0.25) is 9.59 Å². The van der Waals surface area contributed by atoms with Crippen LogP contribution >= 0.6 is 22.7 Å². The number of carbonyl (C=O) groups excluding carboxylic acids is 1. The number of anilines is 4. The van der Waals surface area contributed by atoms with Crippen LogP contribution in [0.5, 0.6) is 0 Å². The van der Waals surface area contributed by atoms with Crippen molar-refractivity contribution in [1.82, 2.24) is 44.1 Å². The summed E-state index contributed by atoms with van der Waals surface area (Å²) in [5, 5.41) is 36.7. The maximum absolute atomic E-state index is 12.9. The highest BCUT2D eigenvalue weighted by Crippen LogP contribution is 2.42. The van der Waals surface area contributed by atoms with E-state index in [9.17, 15) is 19.8 Å². The van der Waals surface area contributed by atoms with Crippen molar-refractivity contribution in [2.45, 2.75) is 51.0 Å². The van der Waals surface area contributed by atoms with Gasteiger partial charge in [-0.05, 0) is 93.0 Å². The SMILES string of the molecule is CC1(O)CN(C(=O)[C@H]2CCc3c(sc4ncnc(Nc5ccn6nccc6c5)c34)C2)C1.O=C(O)[C@H]1CCc2c(sc3ncnc(Nc4ccn5nccc5c4)c23)C1. The molecule has 1 fully saturated rings. The van der Waals surface area contributed by atoms with Gasteiger partial charge in [0.25, 0.3) is 0 Å². The van der Waals surface area contributed by atoms with E-state index < -0.39 is 11.6 Å². The molecule has 4 N–H and O–H groups in total. The maximum atomic E-state index is 12.9. The van der Waals surface area contributed by atoms with Gasteiger partial charge in [-0.1, -0.05) is 0 Å². The number of nitrogens with zero attached hydrogens (tertiary/aromatic N) is 9. The summed E-state index contributed by atoms with van der Waals surface area (Å²) in [6, 6.07) is 11.9. The lowest BCUT2D eigenvalue weighted by Gasteiger charge is -2.45. The molecule has 9 heterocycles. The van der Waals surface area contributed by atoms with E-state index in [0.717, 1.165) is 85.0 Å². The second kappa shape index (κ2) is 13.9. The Balaban J connectivity index is 0.000000141. The molecule has 8 aromatic rings. The number of aryl methyl sites for hydroxylation is 2. The molecule has 0 radical (unpaired) electrons. The summed E-state index contributed by atoms with van der Waals surface area (Å²) in [5.41, 5.74) is 5.59. The molecule has 57 heavy (non-hydrogen) atoms. The van der Waals surface area contributed by atoms with Crippen molar-refractivity contribution in [2.75, 3.05) is 23.7 Å². The highest BCUT2D eigenvalue weighted by molar-refractivity contribution is 7.19. The fraction of sp³-hybridized carbons (Fsp3) is 0.300. The minimum atomic E-state index is -0.733. The third kappa shape index (κ3) is 6.60. The molecule has 0 unspecified atom stereocenters. The standard InChI is InChI=1S/C22H22N6O2S.C18H15N5O2S/c1-22(30)10-27(11-22)21(29)13-2-3-16-17(8-13)31-20-18(16)19(23-12-24-20)26-14-5-7-28-15(9-14)4-6-25-28;24-18(25)10-1-2-13-14(7-10)26-17-15(13)16(19-9-20-17)22-11-4-6-23-12(8-11)3-5-21-23/h4-7,9,12-13,30H,2-3,8,10-11H2,1H3,(H,23,24,26);3-6,8-10H,1-2,7H2,(H,24,25)(H,19,20,22)/t13-;10-/m00/s1. The van der Waals surface area contributed by atoms with Gasteiger partial charge in [0.15, 0.2) is 0 Å². The Kier molecular flexibility index (Phi) is 8.60. The Morgan fingerprint density at radius 2 is 1.26 bits per heavy atom. The van der Waals surface area contributed by atoms with Gasteiger partial charge in [-0.25, -0.2) is 29.0 Å². The number of nitrogens with one attached hydrogen (secondary N) is 2. The predicted molar refractivity (Wildman–Crippen MR) is 218 cm³/mol. The van der Waals surface area contributed by atoms with Crippen LogP contribution in [0.1, 0.15) is 40.6 Å². The van der Waals surface area contributed by atoms with Crippen molar-refractivity contribution >= 4 is 89.0 Å². The van der Waals surface area contributed by atoms with Crippen LogP contribution in [0.2, 0.25) is 0 Å². The van der Waals surface area contributed by atoms with Crippen molar-refractivity contribution in [2.24, 2.45) is 11.8 Å². The first-order valence-corrected chi connectivity index (χ1v) is 20.4. The van der Waals surface area contributed by atoms with Crippen molar-refractivity contribution in [1.29, 1.82) is 0 Å². The molecular weight excluding hydrogens is 763 g/mol. The minimum absolute atomic E-state index is 0.0229. The molecule has 11 rings (SSSR count). The molecule has 3 aliphatic rings. The number of amides is 1. The first-order chi connectivity index (χ1) is 27.7. The average molecular weight is 800 g/mol. The van der Waals surface area contributed by atoms with E-state index in [-0.39, 0.29) is 17.7 Å². The van der Waals surface area contributed by atoms with Gasteiger partial charge >= 0.3 is 5.97 Å². The number of thiophene rings is 2. The summed E-state index contributed by atoms with van der Waals surface area (Å²) in [5.74, 6) is 0.689. The molecule has 1 aliphatic heterocycles. The fourth-order valence-electron chi connectivity index (χ4n) is 8.29. The number of rotatable bonds is 6. The third-order valence-corrected chi connectivity index (χ3v) is 13.4. The quantitative estimate of drug-likeness (QED) is 0.153. The van der Waals surface area contributed by atoms with E-state index in [4.69, 9.17) is 0 Å². The van der Waals surface area contributed by atoms with Gasteiger partial charge in [-0.2, -0.15) is 10.2 Å². The number of aliphatic carboxylic acids is 1. The molecule has 0 bridgehead atoms. The van der Waals surface area contributed by atoms with Crippen LogP contribution in [0.4, 0.5) is 23.0 Å². The number of carbonyl (C=O) groups is 2. The Labute approximate surface area is 333 Å². The monoisotopic (exact) mass is 799 g/mol. The molecule has 1 amide bonds. The molecule has 2 atom stereocenters. The van der Waals surface area contributed by atoms with E-state index in [2.05, 4.69) is 40.8 Å². The molecule has 288 valence electrons. The number of carboxylic acid groups (broad SMARTS) is 1. The van der Waals surface area contributed by atoms with E-state index >= 15 is 0 Å². The van der Waals surface area contributed by atoms with Gasteiger partial charge in [0, 0.05) is 51.8 Å². The van der Waals surface area contributed by atoms with Crippen LogP contribution in [0.15, 0.2) is 73.8 Å². The minimum Gasteiger partial charge on any atom is -0.481 e. The summed E-state index contributed by atoms with van der Waals surface area (Å²) in [6.45, 7) is 2.64. The first kappa shape index (κ1) is 35.4. The van der Waals surface area contributed by atoms with Crippen LogP contribution in [0.25, 0.3) is 31.5 Å². The molecule has 8 aromatic heterocycles. The van der Waals surface area contributed by atoms with Crippen LogP contribution in [-0.4, -0.2) is 84.8 Å². The summed E-state index contributed by atoms with van der Waals surface area (Å²) >= 11 is 3.24. The van der Waals surface area contributed by atoms with Crippen LogP contribution < -0.4 is 10.6 Å². The van der Waals surface area contributed by atoms with Gasteiger partial charge in [0.2, 0.25) is 5.91 Å². The summed E-state index contributed by atoms with van der Waals surface area (Å²) < 4.78 is 3.63. The molecule has 15 nitrogen and oxygen atoms in total. The predicted octanol–water partition coefficient (Wildman–Crippen LogP) is 6.05. The number of pyridine rings is 2. The first-order valence-electron chi connectivity index (χ1n) is 18.8. The molecular formula is C40H37N11O4S2. The van der Waals surface area contributed by atoms with E-state index in [0.29, 0.717) is 25.9 Å².